The number of fused-ring (bicyclic) bond motifs is 1. The molecule has 2 N–H and O–H groups in total. The van der Waals surface area contributed by atoms with Crippen LogP contribution in [0.2, 0.25) is 0 Å². The number of aromatic carboxylic acids is 1. The number of H-pyrrole nitrogens is 1. The third-order valence-corrected chi connectivity index (χ3v) is 5.55. The molecule has 0 saturated carbocycles. The molecule has 0 atom stereocenters. The largest absolute Gasteiger partial charge is 0.478 e. The first kappa shape index (κ1) is 15.7. The number of sulfonamides is 1. The molecule has 2 heterocycles. The molecule has 0 spiro atoms. The van der Waals surface area contributed by atoms with Crippen molar-refractivity contribution in [1.82, 2.24) is 9.29 Å². The Morgan fingerprint density at radius 3 is 2.57 bits per heavy atom. The van der Waals surface area contributed by atoms with Crippen molar-refractivity contribution in [3.05, 3.63) is 40.2 Å². The van der Waals surface area contributed by atoms with E-state index in [0.29, 0.717) is 13.2 Å². The van der Waals surface area contributed by atoms with E-state index >= 15 is 0 Å². The predicted molar refractivity (Wildman–Crippen MR) is 81.1 cm³/mol. The van der Waals surface area contributed by atoms with Crippen molar-refractivity contribution < 1.29 is 23.1 Å². The van der Waals surface area contributed by atoms with Crippen molar-refractivity contribution >= 4 is 26.9 Å². The molecule has 1 aromatic carbocycles. The monoisotopic (exact) mass is 338 g/mol. The highest BCUT2D eigenvalue weighted by Crippen LogP contribution is 2.23. The van der Waals surface area contributed by atoms with Gasteiger partial charge in [0.15, 0.2) is 0 Å². The topological polar surface area (TPSA) is 117 Å². The zero-order valence-corrected chi connectivity index (χ0v) is 12.8. The maximum Gasteiger partial charge on any atom is 0.336 e. The smallest absolute Gasteiger partial charge is 0.336 e. The van der Waals surface area contributed by atoms with Gasteiger partial charge in [-0.2, -0.15) is 4.31 Å². The molecular formula is C14H14N2O6S. The van der Waals surface area contributed by atoms with E-state index in [2.05, 4.69) is 4.98 Å². The summed E-state index contributed by atoms with van der Waals surface area (Å²) in [7, 11) is -3.74. The highest BCUT2D eigenvalue weighted by atomic mass is 32.2. The van der Waals surface area contributed by atoms with Crippen LogP contribution in [0.4, 0.5) is 0 Å². The number of hydrogen-bond acceptors (Lipinski definition) is 5. The number of aromatic amines is 1. The lowest BCUT2D eigenvalue weighted by Crippen LogP contribution is -2.40. The van der Waals surface area contributed by atoms with Gasteiger partial charge in [0.05, 0.1) is 23.7 Å². The van der Waals surface area contributed by atoms with Crippen LogP contribution >= 0.6 is 0 Å². The standard InChI is InChI=1S/C14H14N2O6S/c17-13-8-11(14(18)19)10-7-9(1-2-12(10)15-13)23(20,21)16-3-5-22-6-4-16/h1-2,7-8H,3-6H2,(H,15,17)(H,18,19). The zero-order chi connectivity index (χ0) is 16.6. The Morgan fingerprint density at radius 2 is 1.91 bits per heavy atom. The summed E-state index contributed by atoms with van der Waals surface area (Å²) < 4.78 is 31.7. The molecule has 2 aromatic rings. The molecule has 0 bridgehead atoms. The van der Waals surface area contributed by atoms with Crippen molar-refractivity contribution in [2.45, 2.75) is 4.90 Å². The molecule has 1 aliphatic rings. The van der Waals surface area contributed by atoms with Crippen LogP contribution in [0.5, 0.6) is 0 Å². The molecule has 1 fully saturated rings. The van der Waals surface area contributed by atoms with E-state index in [0.717, 1.165) is 6.07 Å². The van der Waals surface area contributed by atoms with Crippen LogP contribution in [0.3, 0.4) is 0 Å². The minimum atomic E-state index is -3.74. The summed E-state index contributed by atoms with van der Waals surface area (Å²) in [5.41, 5.74) is -0.516. The number of hydrogen-bond donors (Lipinski definition) is 2. The number of carboxylic acid groups (broad SMARTS) is 1. The number of carbonyl (C=O) groups is 1. The van der Waals surface area contributed by atoms with Crippen LogP contribution in [-0.2, 0) is 14.8 Å². The number of pyridine rings is 1. The number of nitrogens with one attached hydrogen (secondary N) is 1. The van der Waals surface area contributed by atoms with Gasteiger partial charge in [0, 0.05) is 30.1 Å². The third kappa shape index (κ3) is 2.85. The molecule has 1 saturated heterocycles. The maximum atomic E-state index is 12.6. The van der Waals surface area contributed by atoms with Crippen LogP contribution in [0.15, 0.2) is 34.0 Å². The summed E-state index contributed by atoms with van der Waals surface area (Å²) in [6.07, 6.45) is 0. The summed E-state index contributed by atoms with van der Waals surface area (Å²) in [5, 5.41) is 9.39. The van der Waals surface area contributed by atoms with Gasteiger partial charge in [-0.25, -0.2) is 13.2 Å². The van der Waals surface area contributed by atoms with Crippen molar-refractivity contribution in [3.63, 3.8) is 0 Å². The third-order valence-electron chi connectivity index (χ3n) is 3.65. The van der Waals surface area contributed by atoms with Crippen LogP contribution in [0.25, 0.3) is 10.9 Å². The number of nitrogens with zero attached hydrogens (tertiary/aromatic N) is 1. The van der Waals surface area contributed by atoms with Gasteiger partial charge in [-0.15, -0.1) is 0 Å². The molecule has 1 aromatic heterocycles. The molecule has 8 nitrogen and oxygen atoms in total. The summed E-state index contributed by atoms with van der Waals surface area (Å²) >= 11 is 0. The SMILES string of the molecule is O=C(O)c1cc(=O)[nH]c2ccc(S(=O)(=O)N3CCOCC3)cc12. The molecular weight excluding hydrogens is 324 g/mol. The summed E-state index contributed by atoms with van der Waals surface area (Å²) in [6.45, 7) is 1.14. The van der Waals surface area contributed by atoms with Crippen LogP contribution in [0.1, 0.15) is 10.4 Å². The van der Waals surface area contributed by atoms with Crippen LogP contribution < -0.4 is 5.56 Å². The Balaban J connectivity index is 2.16. The van der Waals surface area contributed by atoms with E-state index in [1.807, 2.05) is 0 Å². The molecule has 0 unspecified atom stereocenters. The number of benzene rings is 1. The first-order chi connectivity index (χ1) is 10.9. The molecule has 9 heteroatoms. The fraction of sp³-hybridized carbons (Fsp3) is 0.286. The number of ether oxygens (including phenoxy) is 1. The minimum Gasteiger partial charge on any atom is -0.478 e. The first-order valence-electron chi connectivity index (χ1n) is 6.88. The van der Waals surface area contributed by atoms with Gasteiger partial charge >= 0.3 is 5.97 Å². The molecule has 1 aliphatic heterocycles. The lowest BCUT2D eigenvalue weighted by Gasteiger charge is -2.26. The Hall–Kier alpha value is -2.23. The van der Waals surface area contributed by atoms with Gasteiger partial charge in [0.25, 0.3) is 0 Å². The van der Waals surface area contributed by atoms with E-state index in [4.69, 9.17) is 4.74 Å². The van der Waals surface area contributed by atoms with Gasteiger partial charge in [-0.3, -0.25) is 4.79 Å². The molecule has 0 radical (unpaired) electrons. The van der Waals surface area contributed by atoms with Gasteiger partial charge in [0.2, 0.25) is 15.6 Å². The second-order valence-electron chi connectivity index (χ2n) is 5.08. The normalized spacial score (nSPS) is 16.5. The van der Waals surface area contributed by atoms with Crippen molar-refractivity contribution in [1.29, 1.82) is 0 Å². The molecule has 23 heavy (non-hydrogen) atoms. The average Bonchev–Trinajstić information content (AvgIpc) is 2.54. The second kappa shape index (κ2) is 5.76. The second-order valence-corrected chi connectivity index (χ2v) is 7.01. The van der Waals surface area contributed by atoms with E-state index in [1.54, 1.807) is 0 Å². The average molecular weight is 338 g/mol. The number of morpholine rings is 1. The van der Waals surface area contributed by atoms with E-state index < -0.39 is 21.6 Å². The highest BCUT2D eigenvalue weighted by molar-refractivity contribution is 7.89. The lowest BCUT2D eigenvalue weighted by molar-refractivity contribution is 0.0698. The summed E-state index contributed by atoms with van der Waals surface area (Å²) in [6, 6.07) is 4.97. The predicted octanol–water partition coefficient (Wildman–Crippen LogP) is 0.247. The first-order valence-corrected chi connectivity index (χ1v) is 8.32. The zero-order valence-electron chi connectivity index (χ0n) is 12.0. The van der Waals surface area contributed by atoms with Gasteiger partial charge in [0.1, 0.15) is 0 Å². The summed E-state index contributed by atoms with van der Waals surface area (Å²) in [5.74, 6) is -1.29. The van der Waals surface area contributed by atoms with E-state index in [-0.39, 0.29) is 34.5 Å². The number of aromatic nitrogens is 1. The summed E-state index contributed by atoms with van der Waals surface area (Å²) in [4.78, 5) is 25.3. The molecule has 0 aliphatic carbocycles. The van der Waals surface area contributed by atoms with Gasteiger partial charge < -0.3 is 14.8 Å². The van der Waals surface area contributed by atoms with E-state index in [9.17, 15) is 23.1 Å². The van der Waals surface area contributed by atoms with Crippen molar-refractivity contribution in [3.8, 4) is 0 Å². The number of rotatable bonds is 3. The van der Waals surface area contributed by atoms with Gasteiger partial charge in [-0.05, 0) is 18.2 Å². The molecule has 0 amide bonds. The minimum absolute atomic E-state index is 0.0125. The van der Waals surface area contributed by atoms with Crippen molar-refractivity contribution in [2.75, 3.05) is 26.3 Å². The molecule has 122 valence electrons. The fourth-order valence-corrected chi connectivity index (χ4v) is 3.94. The quantitative estimate of drug-likeness (QED) is 0.828. The highest BCUT2D eigenvalue weighted by Gasteiger charge is 2.27. The number of carboxylic acids is 1. The van der Waals surface area contributed by atoms with Crippen LogP contribution in [0, 0.1) is 0 Å². The lowest BCUT2D eigenvalue weighted by atomic mass is 10.1. The fourth-order valence-electron chi connectivity index (χ4n) is 2.51. The molecule has 3 rings (SSSR count). The van der Waals surface area contributed by atoms with E-state index in [1.165, 1.54) is 22.5 Å². The maximum absolute atomic E-state index is 12.6. The Morgan fingerprint density at radius 1 is 1.22 bits per heavy atom. The Bertz CT molecular complexity index is 928. The Labute approximate surface area is 131 Å². The van der Waals surface area contributed by atoms with Crippen molar-refractivity contribution in [2.24, 2.45) is 0 Å². The van der Waals surface area contributed by atoms with Gasteiger partial charge in [-0.1, -0.05) is 0 Å². The Kier molecular flexibility index (Phi) is 3.92. The van der Waals surface area contributed by atoms with Crippen LogP contribution in [-0.4, -0.2) is 55.1 Å².